The molecule has 0 aliphatic carbocycles. The number of nitrogens with zero attached hydrogens (tertiary/aromatic N) is 6. The lowest BCUT2D eigenvalue weighted by Crippen LogP contribution is -2.43. The maximum Gasteiger partial charge on any atom is 0.226 e. The Morgan fingerprint density at radius 2 is 1.96 bits per heavy atom. The summed E-state index contributed by atoms with van der Waals surface area (Å²) < 4.78 is 0. The van der Waals surface area contributed by atoms with Gasteiger partial charge in [-0.05, 0) is 36.6 Å². The Kier molecular flexibility index (Phi) is 5.69. The third-order valence-corrected chi connectivity index (χ3v) is 4.96. The second kappa shape index (κ2) is 8.15. The summed E-state index contributed by atoms with van der Waals surface area (Å²) >= 11 is 0. The van der Waals surface area contributed by atoms with Crippen LogP contribution in [-0.4, -0.2) is 55.1 Å². The smallest absolute Gasteiger partial charge is 0.226 e. The van der Waals surface area contributed by atoms with Gasteiger partial charge in [0.2, 0.25) is 5.95 Å². The molecule has 0 spiro atoms. The molecule has 2 aromatic rings. The number of hydrogen-bond donors (Lipinski definition) is 0. The fourth-order valence-electron chi connectivity index (χ4n) is 3.40. The largest absolute Gasteiger partial charge is 0.356 e. The lowest BCUT2D eigenvalue weighted by Gasteiger charge is -2.37. The topological polar surface area (TPSA) is 59.3 Å². The molecule has 1 aliphatic heterocycles. The van der Waals surface area contributed by atoms with Crippen molar-refractivity contribution < 1.29 is 0 Å². The Bertz CT molecular complexity index is 774. The summed E-state index contributed by atoms with van der Waals surface area (Å²) in [5, 5.41) is 9.04. The molecule has 1 fully saturated rings. The molecule has 0 N–H and O–H groups in total. The fraction of sp³-hybridized carbons (Fsp3) is 0.450. The van der Waals surface area contributed by atoms with Crippen molar-refractivity contribution in [2.75, 3.05) is 44.0 Å². The molecule has 1 saturated heterocycles. The highest BCUT2D eigenvalue weighted by Crippen LogP contribution is 2.22. The van der Waals surface area contributed by atoms with Gasteiger partial charge in [0.05, 0.1) is 11.6 Å². The van der Waals surface area contributed by atoms with E-state index in [0.29, 0.717) is 6.04 Å². The van der Waals surface area contributed by atoms with Crippen LogP contribution in [0.3, 0.4) is 0 Å². The monoisotopic (exact) mass is 350 g/mol. The zero-order valence-electron chi connectivity index (χ0n) is 15.8. The van der Waals surface area contributed by atoms with Crippen molar-refractivity contribution in [3.8, 4) is 6.07 Å². The van der Waals surface area contributed by atoms with E-state index < -0.39 is 0 Å². The summed E-state index contributed by atoms with van der Waals surface area (Å²) in [6, 6.07) is 12.6. The minimum absolute atomic E-state index is 0.488. The summed E-state index contributed by atoms with van der Waals surface area (Å²) in [6.45, 7) is 3.01. The van der Waals surface area contributed by atoms with Crippen LogP contribution >= 0.6 is 0 Å². The molecule has 0 atom stereocenters. The molecule has 0 bridgehead atoms. The van der Waals surface area contributed by atoms with Crippen LogP contribution in [0.25, 0.3) is 0 Å². The predicted molar refractivity (Wildman–Crippen MR) is 104 cm³/mol. The number of hydrogen-bond acceptors (Lipinski definition) is 6. The number of likely N-dealkylation sites (tertiary alicyclic amines) is 1. The number of nitriles is 1. The van der Waals surface area contributed by atoms with Crippen LogP contribution in [0.5, 0.6) is 0 Å². The van der Waals surface area contributed by atoms with E-state index in [1.807, 2.05) is 49.5 Å². The quantitative estimate of drug-likeness (QED) is 0.826. The van der Waals surface area contributed by atoms with E-state index in [1.165, 1.54) is 5.56 Å². The van der Waals surface area contributed by atoms with E-state index in [2.05, 4.69) is 39.0 Å². The van der Waals surface area contributed by atoms with Crippen LogP contribution < -0.4 is 9.80 Å². The van der Waals surface area contributed by atoms with Gasteiger partial charge in [-0.3, -0.25) is 4.90 Å². The molecule has 1 aromatic carbocycles. The number of rotatable bonds is 5. The van der Waals surface area contributed by atoms with Crippen LogP contribution in [-0.2, 0) is 6.54 Å². The molecular formula is C20H26N6. The van der Waals surface area contributed by atoms with Crippen LogP contribution in [0, 0.1) is 11.3 Å². The van der Waals surface area contributed by atoms with Crippen LogP contribution in [0.2, 0.25) is 0 Å². The number of benzene rings is 1. The van der Waals surface area contributed by atoms with Crippen molar-refractivity contribution >= 4 is 11.8 Å². The molecule has 0 radical (unpaired) electrons. The molecule has 0 unspecified atom stereocenters. The number of anilines is 2. The molecule has 26 heavy (non-hydrogen) atoms. The maximum atomic E-state index is 9.04. The van der Waals surface area contributed by atoms with Crippen molar-refractivity contribution in [2.24, 2.45) is 0 Å². The SMILES string of the molecule is CN(C)c1nccc(N(C)C2CCN(Cc3cccc(C#N)c3)CC2)n1. The molecule has 1 aromatic heterocycles. The minimum Gasteiger partial charge on any atom is -0.356 e. The Labute approximate surface area is 155 Å². The van der Waals surface area contributed by atoms with Crippen molar-refractivity contribution in [1.82, 2.24) is 14.9 Å². The zero-order valence-corrected chi connectivity index (χ0v) is 15.8. The third kappa shape index (κ3) is 4.30. The Morgan fingerprint density at radius 1 is 1.19 bits per heavy atom. The molecule has 6 nitrogen and oxygen atoms in total. The fourth-order valence-corrected chi connectivity index (χ4v) is 3.40. The first-order valence-electron chi connectivity index (χ1n) is 9.01. The van der Waals surface area contributed by atoms with Crippen LogP contribution in [0.15, 0.2) is 36.5 Å². The van der Waals surface area contributed by atoms with E-state index in [9.17, 15) is 0 Å². The third-order valence-electron chi connectivity index (χ3n) is 4.96. The highest BCUT2D eigenvalue weighted by molar-refractivity contribution is 5.43. The van der Waals surface area contributed by atoms with Gasteiger partial charge >= 0.3 is 0 Å². The lowest BCUT2D eigenvalue weighted by atomic mass is 10.0. The van der Waals surface area contributed by atoms with Crippen molar-refractivity contribution in [1.29, 1.82) is 5.26 Å². The van der Waals surface area contributed by atoms with Crippen LogP contribution in [0.4, 0.5) is 11.8 Å². The first kappa shape index (κ1) is 18.2. The van der Waals surface area contributed by atoms with E-state index in [4.69, 9.17) is 5.26 Å². The minimum atomic E-state index is 0.488. The standard InChI is InChI=1S/C20H26N6/c1-24(2)20-22-10-7-19(23-20)25(3)18-8-11-26(12-9-18)15-17-6-4-5-16(13-17)14-21/h4-7,10,13,18H,8-9,11-12,15H2,1-3H3. The first-order valence-corrected chi connectivity index (χ1v) is 9.01. The first-order chi connectivity index (χ1) is 12.6. The normalized spacial score (nSPS) is 15.5. The van der Waals surface area contributed by atoms with Gasteiger partial charge in [-0.15, -0.1) is 0 Å². The average molecular weight is 350 g/mol. The van der Waals surface area contributed by atoms with Gasteiger partial charge in [0.15, 0.2) is 0 Å². The summed E-state index contributed by atoms with van der Waals surface area (Å²) in [6.07, 6.45) is 4.04. The number of aromatic nitrogens is 2. The van der Waals surface area contributed by atoms with E-state index >= 15 is 0 Å². The van der Waals surface area contributed by atoms with Gasteiger partial charge in [0, 0.05) is 53.0 Å². The summed E-state index contributed by atoms with van der Waals surface area (Å²) in [5.41, 5.74) is 1.94. The van der Waals surface area contributed by atoms with Gasteiger partial charge in [0.1, 0.15) is 5.82 Å². The highest BCUT2D eigenvalue weighted by Gasteiger charge is 2.23. The zero-order chi connectivity index (χ0) is 18.5. The average Bonchev–Trinajstić information content (AvgIpc) is 2.68. The van der Waals surface area contributed by atoms with Crippen LogP contribution in [0.1, 0.15) is 24.0 Å². The van der Waals surface area contributed by atoms with Gasteiger partial charge < -0.3 is 9.80 Å². The molecule has 3 rings (SSSR count). The summed E-state index contributed by atoms with van der Waals surface area (Å²) in [5.74, 6) is 1.72. The van der Waals surface area contributed by atoms with Crippen molar-refractivity contribution in [3.05, 3.63) is 47.7 Å². The molecule has 136 valence electrons. The van der Waals surface area contributed by atoms with Gasteiger partial charge in [-0.1, -0.05) is 12.1 Å². The Balaban J connectivity index is 1.58. The summed E-state index contributed by atoms with van der Waals surface area (Å²) in [7, 11) is 6.04. The Hall–Kier alpha value is -2.65. The maximum absolute atomic E-state index is 9.04. The molecule has 6 heteroatoms. The van der Waals surface area contributed by atoms with Crippen molar-refractivity contribution in [3.63, 3.8) is 0 Å². The van der Waals surface area contributed by atoms with E-state index in [1.54, 1.807) is 0 Å². The predicted octanol–water partition coefficient (Wildman–Crippen LogP) is 2.52. The van der Waals surface area contributed by atoms with Gasteiger partial charge in [-0.25, -0.2) is 4.98 Å². The second-order valence-electron chi connectivity index (χ2n) is 7.04. The summed E-state index contributed by atoms with van der Waals surface area (Å²) in [4.78, 5) is 15.6. The molecule has 1 aliphatic rings. The molecule has 0 amide bonds. The molecular weight excluding hydrogens is 324 g/mol. The van der Waals surface area contributed by atoms with E-state index in [-0.39, 0.29) is 0 Å². The van der Waals surface area contributed by atoms with Gasteiger partial charge in [0.25, 0.3) is 0 Å². The second-order valence-corrected chi connectivity index (χ2v) is 7.04. The van der Waals surface area contributed by atoms with Crippen molar-refractivity contribution in [2.45, 2.75) is 25.4 Å². The Morgan fingerprint density at radius 3 is 2.65 bits per heavy atom. The molecule has 2 heterocycles. The van der Waals surface area contributed by atoms with Gasteiger partial charge in [-0.2, -0.15) is 10.2 Å². The van der Waals surface area contributed by atoms with E-state index in [0.717, 1.165) is 49.8 Å². The lowest BCUT2D eigenvalue weighted by molar-refractivity contribution is 0.203. The molecule has 0 saturated carbocycles. The number of piperidine rings is 1. The highest BCUT2D eigenvalue weighted by atomic mass is 15.3.